The van der Waals surface area contributed by atoms with Crippen molar-refractivity contribution >= 4 is 45.6 Å². The molecule has 2 aromatic carbocycles. The molecule has 2 aromatic rings. The number of ether oxygens (including phenoxy) is 2. The summed E-state index contributed by atoms with van der Waals surface area (Å²) in [6.07, 6.45) is -1.56. The Morgan fingerprint density at radius 2 is 1.03 bits per heavy atom. The van der Waals surface area contributed by atoms with E-state index in [0.29, 0.717) is 0 Å². The number of carbonyl (C=O) groups excluding carboxylic acids is 4. The molecule has 182 valence electrons. The zero-order chi connectivity index (χ0) is 24.8. The molecule has 0 unspecified atom stereocenters. The Hall–Kier alpha value is -3.38. The molecule has 0 aliphatic carbocycles. The zero-order valence-electron chi connectivity index (χ0n) is 18.2. The molecule has 4 amide bonds. The van der Waals surface area contributed by atoms with Crippen LogP contribution < -0.4 is 22.1 Å². The van der Waals surface area contributed by atoms with E-state index in [1.807, 2.05) is 36.4 Å². The Bertz CT molecular complexity index is 871. The van der Waals surface area contributed by atoms with E-state index in [4.69, 9.17) is 20.9 Å². The van der Waals surface area contributed by atoms with Crippen molar-refractivity contribution in [3.8, 4) is 0 Å². The average Bonchev–Trinajstić information content (AvgIpc) is 2.83. The molecule has 0 saturated carbocycles. The van der Waals surface area contributed by atoms with Crippen molar-refractivity contribution in [2.75, 3.05) is 11.5 Å². The summed E-state index contributed by atoms with van der Waals surface area (Å²) in [5.74, 6) is -1.24. The minimum Gasteiger partial charge on any atom is -0.445 e. The van der Waals surface area contributed by atoms with Gasteiger partial charge in [-0.15, -0.1) is 0 Å². The third kappa shape index (κ3) is 10.5. The number of benzene rings is 2. The first kappa shape index (κ1) is 26.9. The monoisotopic (exact) mass is 506 g/mol. The van der Waals surface area contributed by atoms with Crippen LogP contribution in [0.5, 0.6) is 0 Å². The Morgan fingerprint density at radius 3 is 1.35 bits per heavy atom. The molecule has 2 rings (SSSR count). The fourth-order valence-electron chi connectivity index (χ4n) is 2.44. The van der Waals surface area contributed by atoms with Crippen LogP contribution in [0.2, 0.25) is 0 Å². The number of primary amides is 2. The lowest BCUT2D eigenvalue weighted by Gasteiger charge is -2.17. The highest BCUT2D eigenvalue weighted by atomic mass is 33.1. The summed E-state index contributed by atoms with van der Waals surface area (Å²) in [7, 11) is 2.35. The summed E-state index contributed by atoms with van der Waals surface area (Å²) in [4.78, 5) is 47.3. The summed E-state index contributed by atoms with van der Waals surface area (Å²) >= 11 is 0. The first-order chi connectivity index (χ1) is 16.3. The van der Waals surface area contributed by atoms with E-state index in [2.05, 4.69) is 10.6 Å². The summed E-state index contributed by atoms with van der Waals surface area (Å²) in [5, 5.41) is 4.82. The maximum Gasteiger partial charge on any atom is 0.408 e. The molecule has 0 heterocycles. The van der Waals surface area contributed by atoms with Gasteiger partial charge in [-0.05, 0) is 11.1 Å². The quantitative estimate of drug-likeness (QED) is 0.236. The predicted molar refractivity (Wildman–Crippen MR) is 130 cm³/mol. The van der Waals surface area contributed by atoms with Gasteiger partial charge in [-0.2, -0.15) is 0 Å². The van der Waals surface area contributed by atoms with Crippen LogP contribution in [-0.2, 0) is 32.3 Å². The number of carbonyl (C=O) groups is 4. The van der Waals surface area contributed by atoms with Gasteiger partial charge in [0.15, 0.2) is 0 Å². The predicted octanol–water partition coefficient (Wildman–Crippen LogP) is 1.93. The minimum absolute atomic E-state index is 0.0480. The van der Waals surface area contributed by atoms with Crippen molar-refractivity contribution in [1.82, 2.24) is 10.6 Å². The topological polar surface area (TPSA) is 163 Å². The molecule has 34 heavy (non-hydrogen) atoms. The summed E-state index contributed by atoms with van der Waals surface area (Å²) in [6, 6.07) is 16.1. The number of nitrogens with two attached hydrogens (primary N) is 2. The number of hydrogen-bond donors (Lipinski definition) is 4. The van der Waals surface area contributed by atoms with Crippen LogP contribution >= 0.6 is 21.6 Å². The highest BCUT2D eigenvalue weighted by Gasteiger charge is 2.22. The molecule has 0 saturated heterocycles. The number of hydrogen-bond acceptors (Lipinski definition) is 8. The smallest absolute Gasteiger partial charge is 0.408 e. The van der Waals surface area contributed by atoms with Gasteiger partial charge in [0.05, 0.1) is 0 Å². The first-order valence-corrected chi connectivity index (χ1v) is 12.6. The molecule has 0 radical (unpaired) electrons. The van der Waals surface area contributed by atoms with Crippen LogP contribution in [0.3, 0.4) is 0 Å². The number of amides is 4. The number of alkyl carbamates (subject to hydrolysis) is 2. The molecule has 0 spiro atoms. The normalized spacial score (nSPS) is 12.1. The number of rotatable bonds is 13. The molecule has 12 heteroatoms. The van der Waals surface area contributed by atoms with Crippen LogP contribution in [0.4, 0.5) is 9.59 Å². The lowest BCUT2D eigenvalue weighted by molar-refractivity contribution is -0.120. The van der Waals surface area contributed by atoms with Crippen molar-refractivity contribution in [2.45, 2.75) is 25.3 Å². The van der Waals surface area contributed by atoms with Gasteiger partial charge in [-0.25, -0.2) is 9.59 Å². The summed E-state index contributed by atoms with van der Waals surface area (Å²) in [6.45, 7) is 0.0960. The van der Waals surface area contributed by atoms with E-state index in [-0.39, 0.29) is 24.7 Å². The maximum atomic E-state index is 12.0. The Balaban J connectivity index is 1.71. The van der Waals surface area contributed by atoms with Gasteiger partial charge < -0.3 is 31.6 Å². The minimum atomic E-state index is -0.989. The van der Waals surface area contributed by atoms with E-state index in [9.17, 15) is 19.2 Å². The molecule has 6 N–H and O–H groups in total. The second-order valence-electron chi connectivity index (χ2n) is 6.89. The molecular weight excluding hydrogens is 480 g/mol. The van der Waals surface area contributed by atoms with Gasteiger partial charge in [0.1, 0.15) is 25.3 Å². The van der Waals surface area contributed by atoms with Gasteiger partial charge in [0.2, 0.25) is 11.8 Å². The van der Waals surface area contributed by atoms with E-state index >= 15 is 0 Å². The molecule has 0 aliphatic heterocycles. The lowest BCUT2D eigenvalue weighted by atomic mass is 10.2. The molecule has 10 nitrogen and oxygen atoms in total. The molecule has 0 aliphatic rings. The fraction of sp³-hybridized carbons (Fsp3) is 0.273. The highest BCUT2D eigenvalue weighted by molar-refractivity contribution is 8.76. The molecule has 0 fully saturated rings. The Morgan fingerprint density at radius 1 is 0.676 bits per heavy atom. The average molecular weight is 507 g/mol. The molecular formula is C22H26N4O6S2. The number of nitrogens with one attached hydrogen (secondary N) is 2. The van der Waals surface area contributed by atoms with Crippen molar-refractivity contribution in [3.05, 3.63) is 71.8 Å². The molecule has 0 bridgehead atoms. The van der Waals surface area contributed by atoms with E-state index in [1.54, 1.807) is 24.3 Å². The van der Waals surface area contributed by atoms with E-state index in [0.717, 1.165) is 11.1 Å². The first-order valence-electron chi connectivity index (χ1n) is 10.1. The van der Waals surface area contributed by atoms with Gasteiger partial charge in [0.25, 0.3) is 0 Å². The van der Waals surface area contributed by atoms with Crippen LogP contribution in [0, 0.1) is 0 Å². The lowest BCUT2D eigenvalue weighted by Crippen LogP contribution is -2.47. The molecule has 0 aromatic heterocycles. The van der Waals surface area contributed by atoms with Crippen LogP contribution in [0.25, 0.3) is 0 Å². The van der Waals surface area contributed by atoms with Crippen molar-refractivity contribution in [3.63, 3.8) is 0 Å². The highest BCUT2D eigenvalue weighted by Crippen LogP contribution is 2.23. The van der Waals surface area contributed by atoms with Crippen molar-refractivity contribution < 1.29 is 28.7 Å². The van der Waals surface area contributed by atoms with Gasteiger partial charge in [0, 0.05) is 11.5 Å². The largest absolute Gasteiger partial charge is 0.445 e. The van der Waals surface area contributed by atoms with Gasteiger partial charge in [-0.1, -0.05) is 82.3 Å². The fourth-order valence-corrected chi connectivity index (χ4v) is 4.79. The third-order valence-electron chi connectivity index (χ3n) is 4.25. The zero-order valence-corrected chi connectivity index (χ0v) is 19.8. The molecule has 2 atom stereocenters. The third-order valence-corrected chi connectivity index (χ3v) is 6.67. The standard InChI is InChI=1S/C22H26N4O6S2/c23-19(27)17(25-21(29)31-11-15-7-3-1-4-8-15)13-33-34-14-18(20(24)28)26-22(30)32-12-16-9-5-2-6-10-16/h1-10,17-18H,11-14H2,(H2,23,27)(H2,24,28)(H,25,29)(H,26,30)/t17-,18-/m1/s1. The second kappa shape index (κ2) is 14.7. The summed E-state index contributed by atoms with van der Waals surface area (Å²) in [5.41, 5.74) is 12.3. The van der Waals surface area contributed by atoms with Crippen LogP contribution in [0.1, 0.15) is 11.1 Å². The summed E-state index contributed by atoms with van der Waals surface area (Å²) < 4.78 is 10.2. The maximum absolute atomic E-state index is 12.0. The van der Waals surface area contributed by atoms with E-state index in [1.165, 1.54) is 21.6 Å². The van der Waals surface area contributed by atoms with Gasteiger partial charge in [-0.3, -0.25) is 9.59 Å². The SMILES string of the molecule is NC(=O)[C@@H](CSSC[C@@H](NC(=O)OCc1ccccc1)C(N)=O)NC(=O)OCc1ccccc1. The van der Waals surface area contributed by atoms with Crippen LogP contribution in [0.15, 0.2) is 60.7 Å². The second-order valence-corrected chi connectivity index (χ2v) is 9.44. The van der Waals surface area contributed by atoms with Gasteiger partial charge >= 0.3 is 12.2 Å². The van der Waals surface area contributed by atoms with Crippen LogP contribution in [-0.4, -0.2) is 47.6 Å². The Labute approximate surface area is 204 Å². The van der Waals surface area contributed by atoms with Crippen molar-refractivity contribution in [2.24, 2.45) is 11.5 Å². The van der Waals surface area contributed by atoms with E-state index < -0.39 is 36.1 Å². The van der Waals surface area contributed by atoms with Crippen molar-refractivity contribution in [1.29, 1.82) is 0 Å². The Kier molecular flexibility index (Phi) is 11.6.